The van der Waals surface area contributed by atoms with E-state index in [-0.39, 0.29) is 0 Å². The van der Waals surface area contributed by atoms with Crippen LogP contribution in [0, 0.1) is 13.8 Å². The summed E-state index contributed by atoms with van der Waals surface area (Å²) in [6, 6.07) is 5.36. The molecular formula is C16H24N2O2. The minimum atomic E-state index is -0.959. The minimum absolute atomic E-state index is 0.363. The molecule has 2 aromatic rings. The fraction of sp³-hybridized carbons (Fsp3) is 0.438. The van der Waals surface area contributed by atoms with Crippen LogP contribution in [0.25, 0.3) is 10.9 Å². The summed E-state index contributed by atoms with van der Waals surface area (Å²) in [5.74, 6) is -0.959. The van der Waals surface area contributed by atoms with Gasteiger partial charge in [0.25, 0.3) is 0 Å². The van der Waals surface area contributed by atoms with Crippen molar-refractivity contribution in [2.24, 2.45) is 12.8 Å². The van der Waals surface area contributed by atoms with Crippen LogP contribution in [0.2, 0.25) is 0 Å². The summed E-state index contributed by atoms with van der Waals surface area (Å²) in [4.78, 5) is 10.9. The highest BCUT2D eigenvalue weighted by Crippen LogP contribution is 2.26. The first-order chi connectivity index (χ1) is 9.41. The molecule has 1 unspecified atom stereocenters. The predicted octanol–water partition coefficient (Wildman–Crippen LogP) is 2.78. The lowest BCUT2D eigenvalue weighted by atomic mass is 10.0. The number of aromatic nitrogens is 1. The van der Waals surface area contributed by atoms with Gasteiger partial charge in [0.15, 0.2) is 0 Å². The first kappa shape index (κ1) is 16.2. The molecule has 0 spiro atoms. The fourth-order valence-corrected chi connectivity index (χ4v) is 2.33. The number of rotatable bonds is 3. The summed E-state index contributed by atoms with van der Waals surface area (Å²) >= 11 is 0. The molecule has 1 heterocycles. The summed E-state index contributed by atoms with van der Waals surface area (Å²) in [5, 5.41) is 10.0. The average molecular weight is 276 g/mol. The quantitative estimate of drug-likeness (QED) is 0.905. The Labute approximate surface area is 120 Å². The molecule has 0 aliphatic carbocycles. The smallest absolute Gasteiger partial charge is 0.320 e. The van der Waals surface area contributed by atoms with Crippen molar-refractivity contribution in [1.82, 2.24) is 4.57 Å². The molecular weight excluding hydrogens is 252 g/mol. The van der Waals surface area contributed by atoms with Crippen LogP contribution in [0.3, 0.4) is 0 Å². The maximum Gasteiger partial charge on any atom is 0.320 e. The molecule has 0 aliphatic rings. The highest BCUT2D eigenvalue weighted by molar-refractivity contribution is 5.87. The number of nitrogens with two attached hydrogens (primary N) is 1. The van der Waals surface area contributed by atoms with Gasteiger partial charge in [-0.2, -0.15) is 0 Å². The van der Waals surface area contributed by atoms with Gasteiger partial charge in [-0.05, 0) is 31.5 Å². The van der Waals surface area contributed by atoms with Gasteiger partial charge >= 0.3 is 5.97 Å². The van der Waals surface area contributed by atoms with E-state index in [0.717, 1.165) is 22.2 Å². The van der Waals surface area contributed by atoms with Gasteiger partial charge in [0.05, 0.1) is 0 Å². The molecule has 1 atom stereocenters. The zero-order valence-electron chi connectivity index (χ0n) is 12.9. The summed E-state index contributed by atoms with van der Waals surface area (Å²) in [5.41, 5.74) is 10.0. The van der Waals surface area contributed by atoms with Crippen LogP contribution in [0.4, 0.5) is 0 Å². The Morgan fingerprint density at radius 1 is 1.35 bits per heavy atom. The number of carbonyl (C=O) groups is 1. The van der Waals surface area contributed by atoms with Crippen LogP contribution in [-0.4, -0.2) is 21.7 Å². The van der Waals surface area contributed by atoms with E-state index >= 15 is 0 Å². The van der Waals surface area contributed by atoms with Crippen LogP contribution in [0.15, 0.2) is 18.2 Å². The SMILES string of the molecule is CC.Cc1ccc2c(c1)c(CC(N)C(=O)O)c(C)n2C. The zero-order chi connectivity index (χ0) is 15.4. The number of nitrogens with zero attached hydrogens (tertiary/aromatic N) is 1. The predicted molar refractivity (Wildman–Crippen MR) is 83.1 cm³/mol. The highest BCUT2D eigenvalue weighted by Gasteiger charge is 2.18. The molecule has 3 N–H and O–H groups in total. The second-order valence-corrected chi connectivity index (χ2v) is 4.79. The van der Waals surface area contributed by atoms with Gasteiger partial charge in [0.1, 0.15) is 6.04 Å². The Morgan fingerprint density at radius 3 is 2.50 bits per heavy atom. The van der Waals surface area contributed by atoms with Gasteiger partial charge in [-0.25, -0.2) is 0 Å². The molecule has 0 bridgehead atoms. The summed E-state index contributed by atoms with van der Waals surface area (Å²) in [6.45, 7) is 8.03. The van der Waals surface area contributed by atoms with Crippen molar-refractivity contribution in [3.05, 3.63) is 35.0 Å². The first-order valence-corrected chi connectivity index (χ1v) is 6.94. The number of carboxylic acids is 1. The number of benzene rings is 1. The molecule has 0 saturated heterocycles. The van der Waals surface area contributed by atoms with Crippen LogP contribution < -0.4 is 5.73 Å². The molecule has 0 radical (unpaired) electrons. The van der Waals surface area contributed by atoms with Crippen LogP contribution >= 0.6 is 0 Å². The molecule has 0 fully saturated rings. The highest BCUT2D eigenvalue weighted by atomic mass is 16.4. The van der Waals surface area contributed by atoms with E-state index < -0.39 is 12.0 Å². The Kier molecular flexibility index (Phi) is 5.34. The summed E-state index contributed by atoms with van der Waals surface area (Å²) < 4.78 is 2.08. The largest absolute Gasteiger partial charge is 0.480 e. The zero-order valence-corrected chi connectivity index (χ0v) is 12.9. The van der Waals surface area contributed by atoms with Crippen LogP contribution in [-0.2, 0) is 18.3 Å². The van der Waals surface area contributed by atoms with Gasteiger partial charge in [0.2, 0.25) is 0 Å². The number of aliphatic carboxylic acids is 1. The first-order valence-electron chi connectivity index (χ1n) is 6.94. The number of hydrogen-bond acceptors (Lipinski definition) is 2. The summed E-state index contributed by atoms with van der Waals surface area (Å²) in [6.07, 6.45) is 0.363. The molecule has 4 nitrogen and oxygen atoms in total. The lowest BCUT2D eigenvalue weighted by Crippen LogP contribution is -2.32. The average Bonchev–Trinajstić information content (AvgIpc) is 2.65. The van der Waals surface area contributed by atoms with Gasteiger partial charge in [-0.15, -0.1) is 0 Å². The number of fused-ring (bicyclic) bond motifs is 1. The van der Waals surface area contributed by atoms with Gasteiger partial charge < -0.3 is 15.4 Å². The molecule has 0 amide bonds. The Hall–Kier alpha value is -1.81. The van der Waals surface area contributed by atoms with E-state index in [9.17, 15) is 4.79 Å². The number of carboxylic acid groups (broad SMARTS) is 1. The van der Waals surface area contributed by atoms with Crippen molar-refractivity contribution >= 4 is 16.9 Å². The number of hydrogen-bond donors (Lipinski definition) is 2. The monoisotopic (exact) mass is 276 g/mol. The van der Waals surface area contributed by atoms with Crippen LogP contribution in [0.5, 0.6) is 0 Å². The standard InChI is InChI=1S/C14H18N2O2.C2H6/c1-8-4-5-13-11(6-8)10(9(2)16(13)3)7-12(15)14(17)18;1-2/h4-6,12H,7,15H2,1-3H3,(H,17,18);1-2H3. The topological polar surface area (TPSA) is 68.2 Å². The maximum atomic E-state index is 10.9. The van der Waals surface area contributed by atoms with Crippen molar-refractivity contribution in [3.8, 4) is 0 Å². The molecule has 0 saturated carbocycles. The van der Waals surface area contributed by atoms with E-state index in [1.807, 2.05) is 34.7 Å². The summed E-state index contributed by atoms with van der Waals surface area (Å²) in [7, 11) is 1.99. The van der Waals surface area contributed by atoms with Crippen LogP contribution in [0.1, 0.15) is 30.7 Å². The Morgan fingerprint density at radius 2 is 1.95 bits per heavy atom. The van der Waals surface area contributed by atoms with E-state index in [4.69, 9.17) is 10.8 Å². The fourth-order valence-electron chi connectivity index (χ4n) is 2.33. The Bertz CT molecular complexity index is 614. The van der Waals surface area contributed by atoms with E-state index in [2.05, 4.69) is 22.8 Å². The van der Waals surface area contributed by atoms with Gasteiger partial charge in [-0.3, -0.25) is 4.79 Å². The normalized spacial score (nSPS) is 11.9. The van der Waals surface area contributed by atoms with Gasteiger partial charge in [0, 0.05) is 30.1 Å². The third-order valence-electron chi connectivity index (χ3n) is 3.52. The van der Waals surface area contributed by atoms with Crippen molar-refractivity contribution < 1.29 is 9.90 Å². The third kappa shape index (κ3) is 3.02. The molecule has 2 rings (SSSR count). The number of aryl methyl sites for hydroxylation is 2. The van der Waals surface area contributed by atoms with Crippen molar-refractivity contribution in [1.29, 1.82) is 0 Å². The Balaban J connectivity index is 0.000000956. The molecule has 1 aromatic carbocycles. The second-order valence-electron chi connectivity index (χ2n) is 4.79. The van der Waals surface area contributed by atoms with E-state index in [1.54, 1.807) is 0 Å². The van der Waals surface area contributed by atoms with Crippen molar-refractivity contribution in [2.75, 3.05) is 0 Å². The minimum Gasteiger partial charge on any atom is -0.480 e. The lowest BCUT2D eigenvalue weighted by molar-refractivity contribution is -0.138. The van der Waals surface area contributed by atoms with E-state index in [1.165, 1.54) is 5.56 Å². The molecule has 0 aliphatic heterocycles. The molecule has 4 heteroatoms. The lowest BCUT2D eigenvalue weighted by Gasteiger charge is -2.07. The second kappa shape index (κ2) is 6.57. The van der Waals surface area contributed by atoms with Crippen molar-refractivity contribution in [3.63, 3.8) is 0 Å². The molecule has 1 aromatic heterocycles. The third-order valence-corrected chi connectivity index (χ3v) is 3.52. The molecule has 110 valence electrons. The molecule has 20 heavy (non-hydrogen) atoms. The van der Waals surface area contributed by atoms with Crippen molar-refractivity contribution in [2.45, 2.75) is 40.2 Å². The van der Waals surface area contributed by atoms with Gasteiger partial charge in [-0.1, -0.05) is 25.5 Å². The van der Waals surface area contributed by atoms with E-state index in [0.29, 0.717) is 6.42 Å². The maximum absolute atomic E-state index is 10.9.